The number of ether oxygens (including phenoxy) is 1. The molecule has 20 heavy (non-hydrogen) atoms. The third-order valence-corrected chi connectivity index (χ3v) is 3.43. The van der Waals surface area contributed by atoms with Crippen LogP contribution in [-0.2, 0) is 13.1 Å². The maximum atomic E-state index is 5.83. The fourth-order valence-corrected chi connectivity index (χ4v) is 2.33. The Morgan fingerprint density at radius 1 is 1.15 bits per heavy atom. The first kappa shape index (κ1) is 14.4. The summed E-state index contributed by atoms with van der Waals surface area (Å²) in [6, 6.07) is 14.5. The molecule has 0 aromatic heterocycles. The molecule has 3 nitrogen and oxygen atoms in total. The highest BCUT2D eigenvalue weighted by molar-refractivity contribution is 5.55. The Labute approximate surface area is 121 Å². The van der Waals surface area contributed by atoms with Gasteiger partial charge in [-0.05, 0) is 41.8 Å². The van der Waals surface area contributed by atoms with Crippen molar-refractivity contribution in [3.8, 4) is 5.75 Å². The molecule has 0 saturated carbocycles. The van der Waals surface area contributed by atoms with Crippen molar-refractivity contribution in [2.75, 3.05) is 19.1 Å². The molecule has 2 N–H and O–H groups in total. The number of methoxy groups -OCH3 is 1. The molecule has 0 fully saturated rings. The van der Waals surface area contributed by atoms with Crippen LogP contribution in [0.2, 0.25) is 0 Å². The summed E-state index contributed by atoms with van der Waals surface area (Å²) in [4.78, 5) is 2.23. The highest BCUT2D eigenvalue weighted by Gasteiger charge is 2.08. The lowest BCUT2D eigenvalue weighted by Gasteiger charge is -2.23. The molecule has 3 heteroatoms. The van der Waals surface area contributed by atoms with E-state index in [0.29, 0.717) is 6.54 Å². The van der Waals surface area contributed by atoms with Gasteiger partial charge in [-0.15, -0.1) is 0 Å². The Balaban J connectivity index is 2.23. The van der Waals surface area contributed by atoms with Crippen LogP contribution in [-0.4, -0.2) is 14.2 Å². The summed E-state index contributed by atoms with van der Waals surface area (Å²) in [5.74, 6) is 0.888. The number of hydrogen-bond donors (Lipinski definition) is 1. The topological polar surface area (TPSA) is 38.5 Å². The van der Waals surface area contributed by atoms with Crippen molar-refractivity contribution in [3.63, 3.8) is 0 Å². The fourth-order valence-electron chi connectivity index (χ4n) is 2.33. The number of aryl methyl sites for hydroxylation is 1. The molecule has 0 spiro atoms. The average molecular weight is 270 g/mol. The number of nitrogens with zero attached hydrogens (tertiary/aromatic N) is 1. The maximum absolute atomic E-state index is 5.83. The monoisotopic (exact) mass is 270 g/mol. The third-order valence-electron chi connectivity index (χ3n) is 3.43. The predicted molar refractivity (Wildman–Crippen MR) is 84.2 cm³/mol. The first-order valence-corrected chi connectivity index (χ1v) is 6.77. The lowest BCUT2D eigenvalue weighted by Crippen LogP contribution is -2.19. The molecule has 0 aliphatic carbocycles. The van der Waals surface area contributed by atoms with Crippen LogP contribution in [0.25, 0.3) is 0 Å². The van der Waals surface area contributed by atoms with Crippen LogP contribution in [0.5, 0.6) is 5.75 Å². The van der Waals surface area contributed by atoms with E-state index in [0.717, 1.165) is 12.3 Å². The van der Waals surface area contributed by atoms with Crippen molar-refractivity contribution < 1.29 is 4.74 Å². The van der Waals surface area contributed by atoms with Gasteiger partial charge in [-0.2, -0.15) is 0 Å². The minimum atomic E-state index is 0.554. The van der Waals surface area contributed by atoms with Gasteiger partial charge in [0.1, 0.15) is 5.75 Å². The molecule has 0 amide bonds. The van der Waals surface area contributed by atoms with Gasteiger partial charge >= 0.3 is 0 Å². The van der Waals surface area contributed by atoms with Gasteiger partial charge in [-0.3, -0.25) is 0 Å². The van der Waals surface area contributed by atoms with E-state index in [1.165, 1.54) is 22.4 Å². The van der Waals surface area contributed by atoms with E-state index in [1.54, 1.807) is 7.11 Å². The van der Waals surface area contributed by atoms with E-state index in [2.05, 4.69) is 49.2 Å². The standard InChI is InChI=1S/C17H22N2O/c1-13-7-8-15(11-18)17(9-13)19(2)12-14-5-4-6-16(10-14)20-3/h4-10H,11-12,18H2,1-3H3. The Morgan fingerprint density at radius 2 is 1.95 bits per heavy atom. The Kier molecular flexibility index (Phi) is 4.64. The second-order valence-corrected chi connectivity index (χ2v) is 5.04. The normalized spacial score (nSPS) is 10.4. The lowest BCUT2D eigenvalue weighted by molar-refractivity contribution is 0.414. The van der Waals surface area contributed by atoms with Gasteiger partial charge in [0.05, 0.1) is 7.11 Å². The van der Waals surface area contributed by atoms with Gasteiger partial charge in [0.15, 0.2) is 0 Å². The van der Waals surface area contributed by atoms with Crippen LogP contribution in [0.1, 0.15) is 16.7 Å². The summed E-state index contributed by atoms with van der Waals surface area (Å²) in [6.45, 7) is 3.48. The van der Waals surface area contributed by atoms with Crippen molar-refractivity contribution in [3.05, 3.63) is 59.2 Å². The zero-order valence-corrected chi connectivity index (χ0v) is 12.4. The molecule has 106 valence electrons. The van der Waals surface area contributed by atoms with E-state index in [1.807, 2.05) is 12.1 Å². The smallest absolute Gasteiger partial charge is 0.119 e. The third kappa shape index (κ3) is 3.31. The van der Waals surface area contributed by atoms with Crippen LogP contribution in [0.3, 0.4) is 0 Å². The van der Waals surface area contributed by atoms with E-state index in [4.69, 9.17) is 10.5 Å². The highest BCUT2D eigenvalue weighted by Crippen LogP contribution is 2.23. The zero-order chi connectivity index (χ0) is 14.5. The molecule has 0 radical (unpaired) electrons. The van der Waals surface area contributed by atoms with E-state index in [-0.39, 0.29) is 0 Å². The minimum absolute atomic E-state index is 0.554. The highest BCUT2D eigenvalue weighted by atomic mass is 16.5. The summed E-state index contributed by atoms with van der Waals surface area (Å²) < 4.78 is 5.27. The summed E-state index contributed by atoms with van der Waals surface area (Å²) >= 11 is 0. The first-order chi connectivity index (χ1) is 9.63. The molecular formula is C17H22N2O. The SMILES string of the molecule is COc1cccc(CN(C)c2cc(C)ccc2CN)c1. The Morgan fingerprint density at radius 3 is 2.65 bits per heavy atom. The molecule has 2 rings (SSSR count). The molecule has 0 bridgehead atoms. The van der Waals surface area contributed by atoms with Gasteiger partial charge in [0.2, 0.25) is 0 Å². The van der Waals surface area contributed by atoms with Crippen molar-refractivity contribution in [1.29, 1.82) is 0 Å². The van der Waals surface area contributed by atoms with E-state index in [9.17, 15) is 0 Å². The quantitative estimate of drug-likeness (QED) is 0.907. The van der Waals surface area contributed by atoms with Crippen molar-refractivity contribution >= 4 is 5.69 Å². The minimum Gasteiger partial charge on any atom is -0.497 e. The van der Waals surface area contributed by atoms with Gasteiger partial charge in [-0.25, -0.2) is 0 Å². The van der Waals surface area contributed by atoms with Crippen LogP contribution in [0, 0.1) is 6.92 Å². The summed E-state index contributed by atoms with van der Waals surface area (Å²) in [7, 11) is 3.78. The maximum Gasteiger partial charge on any atom is 0.119 e. The van der Waals surface area contributed by atoms with Crippen LogP contribution in [0.15, 0.2) is 42.5 Å². The molecule has 2 aromatic rings. The molecule has 0 saturated heterocycles. The van der Waals surface area contributed by atoms with Gasteiger partial charge < -0.3 is 15.4 Å². The molecule has 0 atom stereocenters. The number of nitrogens with two attached hydrogens (primary N) is 1. The number of hydrogen-bond acceptors (Lipinski definition) is 3. The summed E-state index contributed by atoms with van der Waals surface area (Å²) in [5, 5.41) is 0. The fraction of sp³-hybridized carbons (Fsp3) is 0.294. The van der Waals surface area contributed by atoms with Gasteiger partial charge in [-0.1, -0.05) is 24.3 Å². The summed E-state index contributed by atoms with van der Waals surface area (Å²) in [5.41, 5.74) is 10.7. The second kappa shape index (κ2) is 6.44. The zero-order valence-electron chi connectivity index (χ0n) is 12.4. The number of rotatable bonds is 5. The van der Waals surface area contributed by atoms with Crippen molar-refractivity contribution in [2.45, 2.75) is 20.0 Å². The molecule has 2 aromatic carbocycles. The number of benzene rings is 2. The van der Waals surface area contributed by atoms with E-state index < -0.39 is 0 Å². The van der Waals surface area contributed by atoms with Crippen LogP contribution in [0.4, 0.5) is 5.69 Å². The van der Waals surface area contributed by atoms with E-state index >= 15 is 0 Å². The Hall–Kier alpha value is -2.00. The molecular weight excluding hydrogens is 248 g/mol. The number of anilines is 1. The second-order valence-electron chi connectivity index (χ2n) is 5.04. The summed E-state index contributed by atoms with van der Waals surface area (Å²) in [6.07, 6.45) is 0. The first-order valence-electron chi connectivity index (χ1n) is 6.77. The van der Waals surface area contributed by atoms with Gasteiger partial charge in [0.25, 0.3) is 0 Å². The largest absolute Gasteiger partial charge is 0.497 e. The van der Waals surface area contributed by atoms with Crippen LogP contribution < -0.4 is 15.4 Å². The predicted octanol–water partition coefficient (Wildman–Crippen LogP) is 3.10. The molecule has 0 unspecified atom stereocenters. The van der Waals surface area contributed by atoms with Gasteiger partial charge in [0, 0.05) is 25.8 Å². The Bertz CT molecular complexity index is 581. The van der Waals surface area contributed by atoms with Crippen molar-refractivity contribution in [1.82, 2.24) is 0 Å². The average Bonchev–Trinajstić information content (AvgIpc) is 2.47. The molecule has 0 heterocycles. The lowest BCUT2D eigenvalue weighted by atomic mass is 10.1. The molecule has 0 aliphatic rings. The van der Waals surface area contributed by atoms with Crippen LogP contribution >= 0.6 is 0 Å². The van der Waals surface area contributed by atoms with Crippen molar-refractivity contribution in [2.24, 2.45) is 5.73 Å². The molecule has 0 aliphatic heterocycles.